The Labute approximate surface area is 283 Å². The number of thiazole rings is 1. The first-order chi connectivity index (χ1) is 22.4. The van der Waals surface area contributed by atoms with Crippen molar-refractivity contribution < 1.29 is 29.4 Å². The van der Waals surface area contributed by atoms with E-state index in [0.717, 1.165) is 38.8 Å². The van der Waals surface area contributed by atoms with Gasteiger partial charge in [-0.15, -0.1) is 11.3 Å². The highest BCUT2D eigenvalue weighted by molar-refractivity contribution is 7.10. The molecule has 3 aliphatic heterocycles. The van der Waals surface area contributed by atoms with Crippen LogP contribution < -0.4 is 0 Å². The number of carbonyl (C=O) groups excluding carboxylic acids is 3. The zero-order chi connectivity index (χ0) is 34.1. The van der Waals surface area contributed by atoms with Crippen molar-refractivity contribution >= 4 is 35.1 Å². The van der Waals surface area contributed by atoms with Crippen molar-refractivity contribution in [3.8, 4) is 11.8 Å². The molecule has 1 aromatic heterocycles. The third kappa shape index (κ3) is 9.97. The molecular formula is C35H51N5O6S. The number of hydroxylamine groups is 2. The highest BCUT2D eigenvalue weighted by Gasteiger charge is 2.51. The van der Waals surface area contributed by atoms with Crippen LogP contribution in [0.5, 0.6) is 0 Å². The van der Waals surface area contributed by atoms with E-state index in [1.54, 1.807) is 17.2 Å². The number of nitrogens with zero attached hydrogens (tertiary/aromatic N) is 5. The molecule has 0 radical (unpaired) electrons. The van der Waals surface area contributed by atoms with Crippen LogP contribution in [-0.2, 0) is 19.2 Å². The number of hydrogen-bond donors (Lipinski definition) is 2. The number of amides is 3. The zero-order valence-electron chi connectivity index (χ0n) is 28.5. The maximum atomic E-state index is 14.3. The molecule has 4 rings (SSSR count). The summed E-state index contributed by atoms with van der Waals surface area (Å²) in [5.41, 5.74) is 0.344. The molecule has 0 aromatic carbocycles. The molecule has 2 saturated heterocycles. The lowest BCUT2D eigenvalue weighted by molar-refractivity contribution is -0.226. The van der Waals surface area contributed by atoms with Crippen molar-refractivity contribution in [3.05, 3.63) is 34.2 Å². The number of unbranched alkanes of at least 4 members (excludes halogenated alkanes) is 3. The summed E-state index contributed by atoms with van der Waals surface area (Å²) in [5, 5.41) is 21.8. The molecule has 2 fully saturated rings. The van der Waals surface area contributed by atoms with E-state index in [4.69, 9.17) is 9.94 Å². The number of rotatable bonds is 13. The van der Waals surface area contributed by atoms with Crippen molar-refractivity contribution in [2.45, 2.75) is 104 Å². The first-order valence-electron chi connectivity index (χ1n) is 16.9. The molecule has 4 heterocycles. The van der Waals surface area contributed by atoms with Gasteiger partial charge in [0, 0.05) is 44.2 Å². The van der Waals surface area contributed by atoms with Crippen LogP contribution in [0.1, 0.15) is 96.7 Å². The standard InChI is InChI=1S/C35H51N5O6S/c1-25(2)20-29-34(45)39-28(21-35(3,4)5)33(44)38(27-15-17-37(22-27)16-9-11-19-42)23-31(39)40(46-29)32(43)14-13-30-36-26(24-47-30)12-8-6-7-10-18-41/h13-14,23-25,27-29,41-42H,6-7,9-11,15-22H2,1-5H3/b14-13+/t27?,28-,29+/m0/s1. The van der Waals surface area contributed by atoms with Gasteiger partial charge in [-0.25, -0.2) is 4.98 Å². The Kier molecular flexibility index (Phi) is 13.2. The Morgan fingerprint density at radius 2 is 1.89 bits per heavy atom. The van der Waals surface area contributed by atoms with Gasteiger partial charge in [-0.2, -0.15) is 5.06 Å². The van der Waals surface area contributed by atoms with Crippen LogP contribution in [0.25, 0.3) is 6.08 Å². The predicted molar refractivity (Wildman–Crippen MR) is 181 cm³/mol. The fraction of sp³-hybridized carbons (Fsp3) is 0.657. The predicted octanol–water partition coefficient (Wildman–Crippen LogP) is 3.98. The molecule has 11 nitrogen and oxygen atoms in total. The van der Waals surface area contributed by atoms with Gasteiger partial charge in [0.15, 0.2) is 11.9 Å². The monoisotopic (exact) mass is 669 g/mol. The Bertz CT molecular complexity index is 1370. The zero-order valence-corrected chi connectivity index (χ0v) is 29.3. The third-order valence-electron chi connectivity index (χ3n) is 8.34. The van der Waals surface area contributed by atoms with E-state index in [1.165, 1.54) is 27.4 Å². The fourth-order valence-corrected chi connectivity index (χ4v) is 6.71. The summed E-state index contributed by atoms with van der Waals surface area (Å²) in [5.74, 6) is 5.54. The van der Waals surface area contributed by atoms with E-state index in [9.17, 15) is 19.5 Å². The van der Waals surface area contributed by atoms with Crippen molar-refractivity contribution in [3.63, 3.8) is 0 Å². The summed E-state index contributed by atoms with van der Waals surface area (Å²) in [6.07, 6.45) is 9.14. The van der Waals surface area contributed by atoms with Crippen molar-refractivity contribution in [2.24, 2.45) is 11.3 Å². The lowest BCUT2D eigenvalue weighted by atomic mass is 9.85. The quantitative estimate of drug-likeness (QED) is 0.184. The van der Waals surface area contributed by atoms with E-state index in [-0.39, 0.29) is 48.2 Å². The maximum absolute atomic E-state index is 14.3. The van der Waals surface area contributed by atoms with E-state index in [1.807, 2.05) is 40.0 Å². The van der Waals surface area contributed by atoms with Crippen molar-refractivity contribution in [1.29, 1.82) is 0 Å². The van der Waals surface area contributed by atoms with E-state index < -0.39 is 18.1 Å². The highest BCUT2D eigenvalue weighted by Crippen LogP contribution is 2.37. The molecule has 0 bridgehead atoms. The average molecular weight is 670 g/mol. The number of aromatic nitrogens is 1. The van der Waals surface area contributed by atoms with Gasteiger partial charge in [0.05, 0.1) is 12.2 Å². The lowest BCUT2D eigenvalue weighted by Crippen LogP contribution is -2.64. The summed E-state index contributed by atoms with van der Waals surface area (Å²) in [4.78, 5) is 58.4. The third-order valence-corrected chi connectivity index (χ3v) is 9.15. The Balaban J connectivity index is 1.63. The maximum Gasteiger partial charge on any atom is 0.276 e. The molecule has 3 aliphatic rings. The molecule has 1 aromatic rings. The molecule has 258 valence electrons. The number of aliphatic hydroxyl groups excluding tert-OH is 2. The Morgan fingerprint density at radius 1 is 1.15 bits per heavy atom. The first-order valence-corrected chi connectivity index (χ1v) is 17.7. The van der Waals surface area contributed by atoms with Gasteiger partial charge in [-0.05, 0) is 74.8 Å². The Hall–Kier alpha value is -3.08. The van der Waals surface area contributed by atoms with Crippen molar-refractivity contribution in [2.75, 3.05) is 32.8 Å². The number of carbonyl (C=O) groups is 3. The van der Waals surface area contributed by atoms with Gasteiger partial charge in [-0.1, -0.05) is 40.5 Å². The van der Waals surface area contributed by atoms with E-state index in [2.05, 4.69) is 21.7 Å². The molecule has 47 heavy (non-hydrogen) atoms. The number of aliphatic hydroxyl groups is 2. The summed E-state index contributed by atoms with van der Waals surface area (Å²) in [6, 6.07) is -0.885. The van der Waals surface area contributed by atoms with Gasteiger partial charge >= 0.3 is 0 Å². The number of fused-ring (bicyclic) bond motifs is 1. The minimum atomic E-state index is -0.910. The van der Waals surface area contributed by atoms with Crippen LogP contribution >= 0.6 is 11.3 Å². The highest BCUT2D eigenvalue weighted by atomic mass is 32.1. The summed E-state index contributed by atoms with van der Waals surface area (Å²) >= 11 is 1.37. The molecule has 3 atom stereocenters. The molecule has 2 N–H and O–H groups in total. The van der Waals surface area contributed by atoms with Crippen LogP contribution in [0, 0.1) is 23.2 Å². The van der Waals surface area contributed by atoms with E-state index >= 15 is 0 Å². The summed E-state index contributed by atoms with van der Waals surface area (Å²) in [7, 11) is 0. The van der Waals surface area contributed by atoms with Crippen LogP contribution in [0.15, 0.2) is 23.5 Å². The average Bonchev–Trinajstić information content (AvgIpc) is 3.67. The molecule has 0 aliphatic carbocycles. The van der Waals surface area contributed by atoms with Crippen LogP contribution in [0.3, 0.4) is 0 Å². The minimum Gasteiger partial charge on any atom is -0.396 e. The second-order valence-corrected chi connectivity index (χ2v) is 15.0. The number of hydrogen-bond acceptors (Lipinski definition) is 9. The normalized spacial score (nSPS) is 22.3. The van der Waals surface area contributed by atoms with Crippen LogP contribution in [0.2, 0.25) is 0 Å². The second-order valence-electron chi connectivity index (χ2n) is 14.1. The second kappa shape index (κ2) is 16.8. The van der Waals surface area contributed by atoms with Gasteiger partial charge < -0.3 is 20.0 Å². The first kappa shape index (κ1) is 36.8. The molecule has 1 unspecified atom stereocenters. The molecule has 12 heteroatoms. The molecule has 0 spiro atoms. The van der Waals surface area contributed by atoms with Gasteiger partial charge in [-0.3, -0.25) is 24.1 Å². The summed E-state index contributed by atoms with van der Waals surface area (Å²) < 4.78 is 0. The smallest absolute Gasteiger partial charge is 0.276 e. The fourth-order valence-electron chi connectivity index (χ4n) is 6.07. The molecule has 0 saturated carbocycles. The van der Waals surface area contributed by atoms with E-state index in [0.29, 0.717) is 42.9 Å². The van der Waals surface area contributed by atoms with Crippen LogP contribution in [0.4, 0.5) is 0 Å². The molecular weight excluding hydrogens is 618 g/mol. The van der Waals surface area contributed by atoms with Crippen LogP contribution in [-0.4, -0.2) is 104 Å². The minimum absolute atomic E-state index is 0.108. The molecule has 3 amide bonds. The largest absolute Gasteiger partial charge is 0.396 e. The topological polar surface area (TPSA) is 127 Å². The number of likely N-dealkylation sites (tertiary alicyclic amines) is 1. The Morgan fingerprint density at radius 3 is 2.60 bits per heavy atom. The van der Waals surface area contributed by atoms with Gasteiger partial charge in [0.2, 0.25) is 5.91 Å². The van der Waals surface area contributed by atoms with Gasteiger partial charge in [0.1, 0.15) is 16.7 Å². The summed E-state index contributed by atoms with van der Waals surface area (Å²) in [6.45, 7) is 12.8. The van der Waals surface area contributed by atoms with Gasteiger partial charge in [0.25, 0.3) is 11.8 Å². The lowest BCUT2D eigenvalue weighted by Gasteiger charge is -2.49. The van der Waals surface area contributed by atoms with Crippen molar-refractivity contribution in [1.82, 2.24) is 24.7 Å². The SMILES string of the molecule is CC(C)C[C@H]1ON(C(=O)/C=C/c2nc(C#CCCCCO)cs2)C2=CN(C3CCN(CCCCO)C3)C(=O)[C@H](CC(C)(C)C)N2C1=O.